The number of ketones is 1. The molecule has 1 aromatic carbocycles. The average molecular weight is 162 g/mol. The minimum atomic E-state index is -0.161. The SMILES string of the molecule is Cc1ccccc1C(=O)[C@@H]1CO1. The second-order valence-electron chi connectivity index (χ2n) is 3.00. The maximum absolute atomic E-state index is 11.5. The Bertz CT molecular complexity index is 313. The van der Waals surface area contributed by atoms with E-state index in [2.05, 4.69) is 0 Å². The lowest BCUT2D eigenvalue weighted by molar-refractivity contribution is 0.0953. The molecule has 2 nitrogen and oxygen atoms in total. The highest BCUT2D eigenvalue weighted by molar-refractivity contribution is 6.01. The number of aryl methyl sites for hydroxylation is 1. The number of hydrogen-bond donors (Lipinski definition) is 0. The molecule has 1 atom stereocenters. The normalized spacial score (nSPS) is 20.6. The molecule has 1 aromatic rings. The Hall–Kier alpha value is -1.15. The quantitative estimate of drug-likeness (QED) is 0.488. The highest BCUT2D eigenvalue weighted by Crippen LogP contribution is 2.18. The van der Waals surface area contributed by atoms with Gasteiger partial charge in [0.2, 0.25) is 0 Å². The molecule has 0 N–H and O–H groups in total. The molecule has 12 heavy (non-hydrogen) atoms. The summed E-state index contributed by atoms with van der Waals surface area (Å²) in [5, 5.41) is 0. The first-order valence-corrected chi connectivity index (χ1v) is 4.00. The van der Waals surface area contributed by atoms with Gasteiger partial charge in [0.1, 0.15) is 6.10 Å². The van der Waals surface area contributed by atoms with Crippen molar-refractivity contribution in [3.8, 4) is 0 Å². The van der Waals surface area contributed by atoms with Crippen molar-refractivity contribution in [2.45, 2.75) is 13.0 Å². The lowest BCUT2D eigenvalue weighted by Gasteiger charge is -2.00. The molecule has 1 saturated heterocycles. The Morgan fingerprint density at radius 1 is 1.50 bits per heavy atom. The molecule has 0 saturated carbocycles. The van der Waals surface area contributed by atoms with E-state index in [0.29, 0.717) is 6.61 Å². The summed E-state index contributed by atoms with van der Waals surface area (Å²) < 4.78 is 4.93. The van der Waals surface area contributed by atoms with Crippen LogP contribution in [0.3, 0.4) is 0 Å². The van der Waals surface area contributed by atoms with Crippen LogP contribution in [0.1, 0.15) is 15.9 Å². The topological polar surface area (TPSA) is 29.6 Å². The number of carbonyl (C=O) groups is 1. The number of benzene rings is 1. The molecule has 1 aliphatic heterocycles. The number of hydrogen-bond acceptors (Lipinski definition) is 2. The number of epoxide rings is 1. The van der Waals surface area contributed by atoms with Gasteiger partial charge < -0.3 is 4.74 Å². The Balaban J connectivity index is 2.32. The van der Waals surface area contributed by atoms with Crippen LogP contribution in [0.15, 0.2) is 24.3 Å². The fraction of sp³-hybridized carbons (Fsp3) is 0.300. The van der Waals surface area contributed by atoms with Crippen LogP contribution < -0.4 is 0 Å². The predicted molar refractivity (Wildman–Crippen MR) is 45.2 cm³/mol. The first-order chi connectivity index (χ1) is 5.79. The van der Waals surface area contributed by atoms with E-state index in [1.165, 1.54) is 0 Å². The highest BCUT2D eigenvalue weighted by atomic mass is 16.6. The standard InChI is InChI=1S/C10H10O2/c1-7-4-2-3-5-8(7)10(11)9-6-12-9/h2-5,9H,6H2,1H3/t9-/m0/s1. The summed E-state index contributed by atoms with van der Waals surface area (Å²) in [4.78, 5) is 11.5. The molecule has 2 rings (SSSR count). The molecular formula is C10H10O2. The lowest BCUT2D eigenvalue weighted by Crippen LogP contribution is -2.08. The van der Waals surface area contributed by atoms with E-state index in [1.807, 2.05) is 31.2 Å². The molecule has 62 valence electrons. The van der Waals surface area contributed by atoms with Crippen molar-refractivity contribution in [1.82, 2.24) is 0 Å². The highest BCUT2D eigenvalue weighted by Gasteiger charge is 2.32. The van der Waals surface area contributed by atoms with Crippen molar-refractivity contribution in [1.29, 1.82) is 0 Å². The summed E-state index contributed by atoms with van der Waals surface area (Å²) in [7, 11) is 0. The predicted octanol–water partition coefficient (Wildman–Crippen LogP) is 1.58. The molecule has 1 fully saturated rings. The first-order valence-electron chi connectivity index (χ1n) is 4.00. The van der Waals surface area contributed by atoms with Crippen LogP contribution in [0.25, 0.3) is 0 Å². The molecule has 2 heteroatoms. The molecular weight excluding hydrogens is 152 g/mol. The van der Waals surface area contributed by atoms with Crippen LogP contribution in [0, 0.1) is 6.92 Å². The zero-order chi connectivity index (χ0) is 8.55. The van der Waals surface area contributed by atoms with Gasteiger partial charge in [-0.25, -0.2) is 0 Å². The summed E-state index contributed by atoms with van der Waals surface area (Å²) >= 11 is 0. The van der Waals surface area contributed by atoms with Crippen LogP contribution in [0.2, 0.25) is 0 Å². The molecule has 0 radical (unpaired) electrons. The maximum atomic E-state index is 11.5. The van der Waals surface area contributed by atoms with Crippen LogP contribution in [0.5, 0.6) is 0 Å². The van der Waals surface area contributed by atoms with Gasteiger partial charge in [-0.05, 0) is 12.5 Å². The third-order valence-corrected chi connectivity index (χ3v) is 2.04. The maximum Gasteiger partial charge on any atom is 0.194 e. The Kier molecular flexibility index (Phi) is 1.70. The van der Waals surface area contributed by atoms with E-state index < -0.39 is 0 Å². The molecule has 0 unspecified atom stereocenters. The number of ether oxygens (including phenoxy) is 1. The third-order valence-electron chi connectivity index (χ3n) is 2.04. The Morgan fingerprint density at radius 3 is 2.75 bits per heavy atom. The van der Waals surface area contributed by atoms with Crippen molar-refractivity contribution in [3.63, 3.8) is 0 Å². The summed E-state index contributed by atoms with van der Waals surface area (Å²) in [6.07, 6.45) is -0.161. The molecule has 1 aliphatic rings. The van der Waals surface area contributed by atoms with Crippen LogP contribution in [0.4, 0.5) is 0 Å². The van der Waals surface area contributed by atoms with E-state index in [9.17, 15) is 4.79 Å². The average Bonchev–Trinajstić information content (AvgIpc) is 2.86. The summed E-state index contributed by atoms with van der Waals surface area (Å²) in [5.41, 5.74) is 1.82. The van der Waals surface area contributed by atoms with Crippen molar-refractivity contribution < 1.29 is 9.53 Å². The second-order valence-corrected chi connectivity index (χ2v) is 3.00. The molecule has 0 aliphatic carbocycles. The summed E-state index contributed by atoms with van der Waals surface area (Å²) in [6, 6.07) is 7.59. The van der Waals surface area contributed by atoms with Crippen LogP contribution in [-0.2, 0) is 4.74 Å². The fourth-order valence-corrected chi connectivity index (χ4v) is 1.22. The molecule has 1 heterocycles. The van der Waals surface area contributed by atoms with Gasteiger partial charge in [-0.3, -0.25) is 4.79 Å². The minimum Gasteiger partial charge on any atom is -0.364 e. The monoisotopic (exact) mass is 162 g/mol. The third kappa shape index (κ3) is 1.25. The van der Waals surface area contributed by atoms with Crippen molar-refractivity contribution in [3.05, 3.63) is 35.4 Å². The molecule has 0 amide bonds. The first kappa shape index (κ1) is 7.50. The van der Waals surface area contributed by atoms with E-state index in [1.54, 1.807) is 0 Å². The van der Waals surface area contributed by atoms with E-state index >= 15 is 0 Å². The lowest BCUT2D eigenvalue weighted by atomic mass is 10.0. The van der Waals surface area contributed by atoms with Crippen molar-refractivity contribution >= 4 is 5.78 Å². The molecule has 0 aromatic heterocycles. The zero-order valence-corrected chi connectivity index (χ0v) is 6.91. The number of rotatable bonds is 2. The van der Waals surface area contributed by atoms with E-state index in [0.717, 1.165) is 11.1 Å². The van der Waals surface area contributed by atoms with Gasteiger partial charge in [-0.2, -0.15) is 0 Å². The van der Waals surface area contributed by atoms with Crippen molar-refractivity contribution in [2.75, 3.05) is 6.61 Å². The zero-order valence-electron chi connectivity index (χ0n) is 6.91. The van der Waals surface area contributed by atoms with Crippen LogP contribution >= 0.6 is 0 Å². The van der Waals surface area contributed by atoms with Gasteiger partial charge >= 0.3 is 0 Å². The Labute approximate surface area is 71.2 Å². The van der Waals surface area contributed by atoms with Gasteiger partial charge in [0.15, 0.2) is 5.78 Å². The number of Topliss-reactive ketones (excluding diaryl/α,β-unsaturated/α-hetero) is 1. The second kappa shape index (κ2) is 2.72. The van der Waals surface area contributed by atoms with Gasteiger partial charge in [-0.15, -0.1) is 0 Å². The largest absolute Gasteiger partial charge is 0.364 e. The van der Waals surface area contributed by atoms with Gasteiger partial charge in [0.25, 0.3) is 0 Å². The van der Waals surface area contributed by atoms with Crippen LogP contribution in [-0.4, -0.2) is 18.5 Å². The summed E-state index contributed by atoms with van der Waals surface area (Å²) in [6.45, 7) is 2.53. The van der Waals surface area contributed by atoms with Gasteiger partial charge in [-0.1, -0.05) is 24.3 Å². The van der Waals surface area contributed by atoms with E-state index in [-0.39, 0.29) is 11.9 Å². The molecule has 0 bridgehead atoms. The smallest absolute Gasteiger partial charge is 0.194 e. The van der Waals surface area contributed by atoms with Gasteiger partial charge in [0, 0.05) is 5.56 Å². The van der Waals surface area contributed by atoms with Gasteiger partial charge in [0.05, 0.1) is 6.61 Å². The Morgan fingerprint density at radius 2 is 2.17 bits per heavy atom. The minimum absolute atomic E-state index is 0.119. The fourth-order valence-electron chi connectivity index (χ4n) is 1.22. The van der Waals surface area contributed by atoms with Crippen molar-refractivity contribution in [2.24, 2.45) is 0 Å². The van der Waals surface area contributed by atoms with E-state index in [4.69, 9.17) is 4.74 Å². The summed E-state index contributed by atoms with van der Waals surface area (Å²) in [5.74, 6) is 0.119. The number of carbonyl (C=O) groups excluding carboxylic acids is 1. The molecule has 0 spiro atoms.